The molecule has 1 aliphatic carbocycles. The number of aromatic amines is 1. The molecular weight excluding hydrogens is 408 g/mol. The molecule has 0 radical (unpaired) electrons. The first-order valence-corrected chi connectivity index (χ1v) is 12.7. The Morgan fingerprint density at radius 2 is 1.94 bits per heavy atom. The molecule has 166 valence electrons. The van der Waals surface area contributed by atoms with E-state index >= 15 is 0 Å². The summed E-state index contributed by atoms with van der Waals surface area (Å²) in [5, 5.41) is 1.94. The molecule has 0 unspecified atom stereocenters. The van der Waals surface area contributed by atoms with E-state index < -0.39 is 0 Å². The Morgan fingerprint density at radius 1 is 1.13 bits per heavy atom. The minimum Gasteiger partial charge on any atom is -0.338 e. The van der Waals surface area contributed by atoms with Crippen LogP contribution >= 0.6 is 11.3 Å². The third-order valence-electron chi connectivity index (χ3n) is 7.31. The van der Waals surface area contributed by atoms with Gasteiger partial charge < -0.3 is 9.88 Å². The average Bonchev–Trinajstić information content (AvgIpc) is 3.35. The average molecular weight is 441 g/mol. The number of hydrogen-bond donors (Lipinski definition) is 1. The van der Waals surface area contributed by atoms with Crippen molar-refractivity contribution in [3.05, 3.63) is 49.8 Å². The number of fused-ring (bicyclic) bond motifs is 1. The molecule has 0 atom stereocenters. The molecule has 3 aliphatic rings. The van der Waals surface area contributed by atoms with Crippen LogP contribution < -0.4 is 5.56 Å². The molecule has 7 heteroatoms. The molecule has 1 saturated heterocycles. The van der Waals surface area contributed by atoms with Gasteiger partial charge in [0.1, 0.15) is 5.82 Å². The first kappa shape index (κ1) is 20.9. The van der Waals surface area contributed by atoms with Crippen LogP contribution in [0.5, 0.6) is 0 Å². The second kappa shape index (κ2) is 9.25. The predicted octanol–water partition coefficient (Wildman–Crippen LogP) is 3.79. The Hall–Kier alpha value is -1.99. The third-order valence-corrected chi connectivity index (χ3v) is 8.17. The molecule has 4 heterocycles. The van der Waals surface area contributed by atoms with E-state index in [0.29, 0.717) is 0 Å². The zero-order valence-electron chi connectivity index (χ0n) is 18.1. The van der Waals surface area contributed by atoms with Crippen LogP contribution in [-0.2, 0) is 13.0 Å². The maximum atomic E-state index is 12.9. The van der Waals surface area contributed by atoms with Gasteiger partial charge in [-0.05, 0) is 43.0 Å². The van der Waals surface area contributed by atoms with Crippen molar-refractivity contribution in [1.82, 2.24) is 19.8 Å². The number of hydrogen-bond acceptors (Lipinski definition) is 5. The molecule has 2 aromatic rings. The largest absolute Gasteiger partial charge is 0.338 e. The van der Waals surface area contributed by atoms with Crippen LogP contribution in [0.3, 0.4) is 0 Å². The Kier molecular flexibility index (Phi) is 6.23. The van der Waals surface area contributed by atoms with Crippen molar-refractivity contribution in [3.8, 4) is 0 Å². The number of rotatable bonds is 4. The lowest BCUT2D eigenvalue weighted by Gasteiger charge is -2.34. The summed E-state index contributed by atoms with van der Waals surface area (Å²) in [6.45, 7) is 4.31. The second-order valence-electron chi connectivity index (χ2n) is 9.41. The van der Waals surface area contributed by atoms with Gasteiger partial charge in [0.05, 0.1) is 16.1 Å². The third kappa shape index (κ3) is 4.62. The second-order valence-corrected chi connectivity index (χ2v) is 10.4. The Morgan fingerprint density at radius 3 is 2.68 bits per heavy atom. The highest BCUT2D eigenvalue weighted by atomic mass is 32.1. The zero-order chi connectivity index (χ0) is 21.2. The minimum absolute atomic E-state index is 0.0467. The molecule has 1 amide bonds. The van der Waals surface area contributed by atoms with Crippen LogP contribution in [0.1, 0.15) is 77.6 Å². The van der Waals surface area contributed by atoms with Crippen LogP contribution in [-0.4, -0.2) is 51.9 Å². The molecule has 1 saturated carbocycles. The quantitative estimate of drug-likeness (QED) is 0.785. The number of thiophene rings is 1. The fraction of sp³-hybridized carbons (Fsp3) is 0.625. The molecule has 2 aromatic heterocycles. The molecular formula is C24H32N4O2S. The van der Waals surface area contributed by atoms with Gasteiger partial charge in [-0.2, -0.15) is 0 Å². The van der Waals surface area contributed by atoms with E-state index in [4.69, 9.17) is 4.98 Å². The molecule has 0 bridgehead atoms. The van der Waals surface area contributed by atoms with Crippen molar-refractivity contribution in [2.75, 3.05) is 26.2 Å². The predicted molar refractivity (Wildman–Crippen MR) is 123 cm³/mol. The Balaban J connectivity index is 1.22. The van der Waals surface area contributed by atoms with E-state index in [9.17, 15) is 9.59 Å². The summed E-state index contributed by atoms with van der Waals surface area (Å²) in [6, 6.07) is 3.81. The summed E-state index contributed by atoms with van der Waals surface area (Å²) >= 11 is 1.50. The van der Waals surface area contributed by atoms with Crippen molar-refractivity contribution < 1.29 is 4.79 Å². The summed E-state index contributed by atoms with van der Waals surface area (Å²) in [7, 11) is 0. The van der Waals surface area contributed by atoms with Gasteiger partial charge >= 0.3 is 0 Å². The summed E-state index contributed by atoms with van der Waals surface area (Å²) in [6.07, 6.45) is 9.35. The first-order valence-electron chi connectivity index (χ1n) is 11.8. The van der Waals surface area contributed by atoms with E-state index in [1.165, 1.54) is 43.4 Å². The van der Waals surface area contributed by atoms with E-state index in [0.717, 1.165) is 79.9 Å². The van der Waals surface area contributed by atoms with Gasteiger partial charge in [0, 0.05) is 45.1 Å². The topological polar surface area (TPSA) is 69.3 Å². The summed E-state index contributed by atoms with van der Waals surface area (Å²) in [5.74, 6) is 1.97. The fourth-order valence-electron chi connectivity index (χ4n) is 5.50. The number of carbonyl (C=O) groups excluding carboxylic acids is 1. The van der Waals surface area contributed by atoms with Gasteiger partial charge in [-0.3, -0.25) is 14.5 Å². The van der Waals surface area contributed by atoms with Gasteiger partial charge in [-0.15, -0.1) is 11.3 Å². The Bertz CT molecular complexity index is 956. The maximum absolute atomic E-state index is 12.9. The number of H-pyrrole nitrogens is 1. The molecule has 5 rings (SSSR count). The van der Waals surface area contributed by atoms with Crippen LogP contribution in [0.4, 0.5) is 0 Å². The number of carbonyl (C=O) groups is 1. The van der Waals surface area contributed by atoms with Crippen LogP contribution in [0, 0.1) is 5.92 Å². The zero-order valence-corrected chi connectivity index (χ0v) is 19.0. The van der Waals surface area contributed by atoms with Gasteiger partial charge in [0.25, 0.3) is 11.5 Å². The highest BCUT2D eigenvalue weighted by Gasteiger charge is 2.29. The summed E-state index contributed by atoms with van der Waals surface area (Å²) in [5.41, 5.74) is 1.91. The number of nitrogens with zero attached hydrogens (tertiary/aromatic N) is 3. The van der Waals surface area contributed by atoms with Crippen molar-refractivity contribution in [2.45, 2.75) is 63.8 Å². The first-order chi connectivity index (χ1) is 15.2. The monoisotopic (exact) mass is 440 g/mol. The molecule has 31 heavy (non-hydrogen) atoms. The number of nitrogens with one attached hydrogen (secondary N) is 1. The standard InChI is InChI=1S/C24H32N4O2S/c29-23-19-16-27(15-17-5-2-1-3-6-17)11-10-20(19)25-22(26-23)18-8-12-28(13-9-18)24(30)21-7-4-14-31-21/h4,7,14,17-18H,1-3,5-6,8-13,15-16H2,(H,25,26,29). The van der Waals surface area contributed by atoms with E-state index in [1.807, 2.05) is 22.4 Å². The lowest BCUT2D eigenvalue weighted by atomic mass is 9.88. The normalized spacial score (nSPS) is 21.2. The van der Waals surface area contributed by atoms with Gasteiger partial charge in [-0.1, -0.05) is 25.3 Å². The molecule has 1 N–H and O–H groups in total. The van der Waals surface area contributed by atoms with Crippen molar-refractivity contribution in [3.63, 3.8) is 0 Å². The van der Waals surface area contributed by atoms with Crippen molar-refractivity contribution >= 4 is 17.2 Å². The SMILES string of the molecule is O=C(c1cccs1)N1CCC(c2nc3c(c(=O)[nH]2)CN(CC2CCCCC2)CC3)CC1. The van der Waals surface area contributed by atoms with E-state index in [1.54, 1.807) is 0 Å². The minimum atomic E-state index is 0.0467. The Labute approximate surface area is 187 Å². The maximum Gasteiger partial charge on any atom is 0.263 e. The molecule has 6 nitrogen and oxygen atoms in total. The van der Waals surface area contributed by atoms with Gasteiger partial charge in [0.2, 0.25) is 0 Å². The number of piperidine rings is 1. The lowest BCUT2D eigenvalue weighted by Crippen LogP contribution is -2.40. The molecule has 0 aromatic carbocycles. The fourth-order valence-corrected chi connectivity index (χ4v) is 6.19. The smallest absolute Gasteiger partial charge is 0.263 e. The number of amides is 1. The highest BCUT2D eigenvalue weighted by Crippen LogP contribution is 2.29. The van der Waals surface area contributed by atoms with Crippen LogP contribution in [0.25, 0.3) is 0 Å². The summed E-state index contributed by atoms with van der Waals surface area (Å²) < 4.78 is 0. The lowest BCUT2D eigenvalue weighted by molar-refractivity contribution is 0.0716. The summed E-state index contributed by atoms with van der Waals surface area (Å²) in [4.78, 5) is 38.7. The molecule has 0 spiro atoms. The number of likely N-dealkylation sites (tertiary alicyclic amines) is 1. The van der Waals surface area contributed by atoms with Gasteiger partial charge in [0.15, 0.2) is 0 Å². The van der Waals surface area contributed by atoms with Crippen molar-refractivity contribution in [1.29, 1.82) is 0 Å². The molecule has 2 aliphatic heterocycles. The van der Waals surface area contributed by atoms with Crippen molar-refractivity contribution in [2.24, 2.45) is 5.92 Å². The number of aromatic nitrogens is 2. The molecule has 2 fully saturated rings. The van der Waals surface area contributed by atoms with Gasteiger partial charge in [-0.25, -0.2) is 4.98 Å². The van der Waals surface area contributed by atoms with E-state index in [2.05, 4.69) is 9.88 Å². The van der Waals surface area contributed by atoms with E-state index in [-0.39, 0.29) is 17.4 Å². The van der Waals surface area contributed by atoms with Crippen LogP contribution in [0.2, 0.25) is 0 Å². The highest BCUT2D eigenvalue weighted by molar-refractivity contribution is 7.12. The van der Waals surface area contributed by atoms with Crippen LogP contribution in [0.15, 0.2) is 22.3 Å².